The highest BCUT2D eigenvalue weighted by molar-refractivity contribution is 5.96. The number of para-hydroxylation sites is 1. The first kappa shape index (κ1) is 16.2. The van der Waals surface area contributed by atoms with Crippen LogP contribution >= 0.6 is 0 Å². The second kappa shape index (κ2) is 8.38. The summed E-state index contributed by atoms with van der Waals surface area (Å²) in [5, 5.41) is 0. The van der Waals surface area contributed by atoms with Gasteiger partial charge in [0.2, 0.25) is 0 Å². The van der Waals surface area contributed by atoms with Gasteiger partial charge < -0.3 is 15.4 Å². The highest BCUT2D eigenvalue weighted by atomic mass is 16.5. The lowest BCUT2D eigenvalue weighted by molar-refractivity contribution is 0.0996. The molecular formula is C16H24N2O2. The second-order valence-corrected chi connectivity index (χ2v) is 4.53. The summed E-state index contributed by atoms with van der Waals surface area (Å²) < 4.78 is 5.64. The molecule has 0 spiro atoms. The lowest BCUT2D eigenvalue weighted by Gasteiger charge is -2.19. The van der Waals surface area contributed by atoms with Crippen LogP contribution in [-0.2, 0) is 6.42 Å². The topological polar surface area (TPSA) is 55.6 Å². The van der Waals surface area contributed by atoms with Crippen LogP contribution in [0.5, 0.6) is 5.75 Å². The molecule has 110 valence electrons. The smallest absolute Gasteiger partial charge is 0.252 e. The Morgan fingerprint density at radius 3 is 2.65 bits per heavy atom. The van der Waals surface area contributed by atoms with E-state index < -0.39 is 5.91 Å². The standard InChI is InChI=1S/C16H24N2O2/c1-4-12-20-15-13(10-11-18(5-2)6-3)8-7-9-14(15)16(17)19/h4,7-9H,1,5-6,10-12H2,2-3H3,(H2,17,19). The summed E-state index contributed by atoms with van der Waals surface area (Å²) in [4.78, 5) is 13.8. The van der Waals surface area contributed by atoms with Crippen molar-refractivity contribution in [3.8, 4) is 5.75 Å². The molecule has 1 amide bonds. The molecule has 1 aromatic rings. The normalized spacial score (nSPS) is 10.6. The molecule has 0 aliphatic heterocycles. The van der Waals surface area contributed by atoms with Crippen LogP contribution in [0.3, 0.4) is 0 Å². The molecule has 0 bridgehead atoms. The third kappa shape index (κ3) is 4.38. The van der Waals surface area contributed by atoms with Crippen molar-refractivity contribution in [2.45, 2.75) is 20.3 Å². The molecule has 0 heterocycles. The van der Waals surface area contributed by atoms with Crippen LogP contribution in [0.4, 0.5) is 0 Å². The van der Waals surface area contributed by atoms with Gasteiger partial charge in [0.25, 0.3) is 5.91 Å². The Bertz CT molecular complexity index is 454. The van der Waals surface area contributed by atoms with Gasteiger partial charge in [0.15, 0.2) is 0 Å². The molecular weight excluding hydrogens is 252 g/mol. The first-order chi connectivity index (χ1) is 9.63. The van der Waals surface area contributed by atoms with E-state index in [2.05, 4.69) is 25.3 Å². The summed E-state index contributed by atoms with van der Waals surface area (Å²) in [6.07, 6.45) is 2.49. The number of benzene rings is 1. The zero-order chi connectivity index (χ0) is 15.0. The van der Waals surface area contributed by atoms with Crippen molar-refractivity contribution in [2.75, 3.05) is 26.2 Å². The lowest BCUT2D eigenvalue weighted by Crippen LogP contribution is -2.25. The summed E-state index contributed by atoms with van der Waals surface area (Å²) in [6, 6.07) is 5.52. The number of nitrogens with zero attached hydrogens (tertiary/aromatic N) is 1. The molecule has 0 fully saturated rings. The largest absolute Gasteiger partial charge is 0.488 e. The van der Waals surface area contributed by atoms with E-state index >= 15 is 0 Å². The van der Waals surface area contributed by atoms with Gasteiger partial charge in [-0.15, -0.1) is 0 Å². The molecule has 0 aliphatic carbocycles. The van der Waals surface area contributed by atoms with Gasteiger partial charge in [-0.3, -0.25) is 4.79 Å². The second-order valence-electron chi connectivity index (χ2n) is 4.53. The van der Waals surface area contributed by atoms with Gasteiger partial charge in [0.1, 0.15) is 12.4 Å². The number of primary amides is 1. The highest BCUT2D eigenvalue weighted by Crippen LogP contribution is 2.24. The summed E-state index contributed by atoms with van der Waals surface area (Å²) in [7, 11) is 0. The molecule has 0 saturated heterocycles. The van der Waals surface area contributed by atoms with Crippen LogP contribution in [0, 0.1) is 0 Å². The van der Waals surface area contributed by atoms with Crippen LogP contribution in [0.25, 0.3) is 0 Å². The fraction of sp³-hybridized carbons (Fsp3) is 0.438. The molecule has 0 radical (unpaired) electrons. The predicted molar refractivity (Wildman–Crippen MR) is 82.1 cm³/mol. The van der Waals surface area contributed by atoms with Crippen molar-refractivity contribution in [2.24, 2.45) is 5.73 Å². The molecule has 4 heteroatoms. The quantitative estimate of drug-likeness (QED) is 0.704. The average molecular weight is 276 g/mol. The van der Waals surface area contributed by atoms with Gasteiger partial charge >= 0.3 is 0 Å². The molecule has 1 rings (SSSR count). The number of amides is 1. The molecule has 0 saturated carbocycles. The Morgan fingerprint density at radius 2 is 2.10 bits per heavy atom. The van der Waals surface area contributed by atoms with E-state index in [0.717, 1.165) is 31.6 Å². The van der Waals surface area contributed by atoms with Crippen LogP contribution in [0.1, 0.15) is 29.8 Å². The number of rotatable bonds is 9. The lowest BCUT2D eigenvalue weighted by atomic mass is 10.1. The van der Waals surface area contributed by atoms with Gasteiger partial charge in [-0.05, 0) is 31.1 Å². The number of carbonyl (C=O) groups excluding carboxylic acids is 1. The molecule has 0 aliphatic rings. The van der Waals surface area contributed by atoms with Gasteiger partial charge in [0, 0.05) is 6.54 Å². The zero-order valence-electron chi connectivity index (χ0n) is 12.4. The number of likely N-dealkylation sites (N-methyl/N-ethyl adjacent to an activating group) is 1. The predicted octanol–water partition coefficient (Wildman–Crippen LogP) is 2.23. The maximum Gasteiger partial charge on any atom is 0.252 e. The van der Waals surface area contributed by atoms with Gasteiger partial charge in [-0.2, -0.15) is 0 Å². The van der Waals surface area contributed by atoms with Crippen molar-refractivity contribution in [3.63, 3.8) is 0 Å². The Morgan fingerprint density at radius 1 is 1.40 bits per heavy atom. The summed E-state index contributed by atoms with van der Waals surface area (Å²) in [6.45, 7) is 11.2. The number of hydrogen-bond acceptors (Lipinski definition) is 3. The van der Waals surface area contributed by atoms with Crippen molar-refractivity contribution in [3.05, 3.63) is 42.0 Å². The zero-order valence-corrected chi connectivity index (χ0v) is 12.4. The van der Waals surface area contributed by atoms with Crippen molar-refractivity contribution >= 4 is 5.91 Å². The first-order valence-corrected chi connectivity index (χ1v) is 7.01. The summed E-state index contributed by atoms with van der Waals surface area (Å²) >= 11 is 0. The van der Waals surface area contributed by atoms with Crippen molar-refractivity contribution in [1.29, 1.82) is 0 Å². The van der Waals surface area contributed by atoms with Crippen LogP contribution in [0.2, 0.25) is 0 Å². The van der Waals surface area contributed by atoms with E-state index in [4.69, 9.17) is 10.5 Å². The third-order valence-corrected chi connectivity index (χ3v) is 3.30. The number of ether oxygens (including phenoxy) is 1. The maximum absolute atomic E-state index is 11.5. The van der Waals surface area contributed by atoms with Gasteiger partial charge in [0.05, 0.1) is 5.56 Å². The molecule has 2 N–H and O–H groups in total. The fourth-order valence-corrected chi connectivity index (χ4v) is 2.11. The van der Waals surface area contributed by atoms with E-state index in [1.165, 1.54) is 0 Å². The van der Waals surface area contributed by atoms with Crippen LogP contribution < -0.4 is 10.5 Å². The fourth-order valence-electron chi connectivity index (χ4n) is 2.11. The summed E-state index contributed by atoms with van der Waals surface area (Å²) in [5.74, 6) is 0.126. The number of nitrogens with two attached hydrogens (primary N) is 1. The third-order valence-electron chi connectivity index (χ3n) is 3.30. The first-order valence-electron chi connectivity index (χ1n) is 7.01. The van der Waals surface area contributed by atoms with E-state index in [1.54, 1.807) is 12.1 Å². The highest BCUT2D eigenvalue weighted by Gasteiger charge is 2.14. The van der Waals surface area contributed by atoms with Gasteiger partial charge in [-0.1, -0.05) is 38.6 Å². The molecule has 20 heavy (non-hydrogen) atoms. The maximum atomic E-state index is 11.5. The van der Waals surface area contributed by atoms with Crippen molar-refractivity contribution < 1.29 is 9.53 Å². The Labute approximate surface area is 121 Å². The molecule has 0 atom stereocenters. The van der Waals surface area contributed by atoms with Gasteiger partial charge in [-0.25, -0.2) is 0 Å². The molecule has 4 nitrogen and oxygen atoms in total. The Kier molecular flexibility index (Phi) is 6.81. The van der Waals surface area contributed by atoms with E-state index in [9.17, 15) is 4.79 Å². The number of hydrogen-bond donors (Lipinski definition) is 1. The van der Waals surface area contributed by atoms with E-state index in [0.29, 0.717) is 17.9 Å². The Hall–Kier alpha value is -1.81. The van der Waals surface area contributed by atoms with E-state index in [1.807, 2.05) is 12.1 Å². The summed E-state index contributed by atoms with van der Waals surface area (Å²) in [5.41, 5.74) is 6.85. The molecule has 1 aromatic carbocycles. The Balaban J connectivity index is 2.95. The molecule has 0 aromatic heterocycles. The monoisotopic (exact) mass is 276 g/mol. The van der Waals surface area contributed by atoms with Crippen LogP contribution in [0.15, 0.2) is 30.9 Å². The SMILES string of the molecule is C=CCOc1c(CCN(CC)CC)cccc1C(N)=O. The minimum absolute atomic E-state index is 0.364. The minimum atomic E-state index is -0.464. The van der Waals surface area contributed by atoms with Crippen molar-refractivity contribution in [1.82, 2.24) is 4.90 Å². The number of carbonyl (C=O) groups is 1. The van der Waals surface area contributed by atoms with Crippen LogP contribution in [-0.4, -0.2) is 37.0 Å². The minimum Gasteiger partial charge on any atom is -0.488 e. The molecule has 0 unspecified atom stereocenters. The van der Waals surface area contributed by atoms with E-state index in [-0.39, 0.29) is 0 Å². The average Bonchev–Trinajstić information content (AvgIpc) is 2.46.